The minimum atomic E-state index is -4.43. The molecule has 0 unspecified atom stereocenters. The number of nitrogens with one attached hydrogen (secondary N) is 1. The van der Waals surface area contributed by atoms with Gasteiger partial charge in [0.15, 0.2) is 6.61 Å². The molecule has 9 heteroatoms. The van der Waals surface area contributed by atoms with E-state index in [9.17, 15) is 13.2 Å². The van der Waals surface area contributed by atoms with Crippen LogP contribution in [0.25, 0.3) is 22.2 Å². The summed E-state index contributed by atoms with van der Waals surface area (Å²) in [6.07, 6.45) is 0.320. The number of H-pyrrole nitrogens is 1. The molecule has 0 aliphatic carbocycles. The fraction of sp³-hybridized carbons (Fsp3) is 0.357. The van der Waals surface area contributed by atoms with Crippen LogP contribution >= 0.6 is 0 Å². The lowest BCUT2D eigenvalue weighted by Gasteiger charge is -2.09. The lowest BCUT2D eigenvalue weighted by atomic mass is 10.1. The molecule has 23 heavy (non-hydrogen) atoms. The molecular weight excluding hydrogens is 311 g/mol. The first-order chi connectivity index (χ1) is 10.8. The van der Waals surface area contributed by atoms with E-state index >= 15 is 0 Å². The van der Waals surface area contributed by atoms with Gasteiger partial charge in [0.1, 0.15) is 5.69 Å². The van der Waals surface area contributed by atoms with Gasteiger partial charge in [-0.15, -0.1) is 0 Å². The van der Waals surface area contributed by atoms with E-state index in [4.69, 9.17) is 4.74 Å². The Balaban J connectivity index is 2.03. The maximum absolute atomic E-state index is 12.4. The Hall–Kier alpha value is -2.58. The number of ether oxygens (including phenoxy) is 1. The Morgan fingerprint density at radius 2 is 2.13 bits per heavy atom. The number of pyridine rings is 1. The molecule has 3 aromatic rings. The van der Waals surface area contributed by atoms with Crippen LogP contribution in [0.4, 0.5) is 13.2 Å². The number of fused-ring (bicyclic) bond motifs is 1. The van der Waals surface area contributed by atoms with Crippen molar-refractivity contribution >= 4 is 10.9 Å². The minimum absolute atomic E-state index is 0.110. The zero-order valence-electron chi connectivity index (χ0n) is 12.4. The molecule has 0 aliphatic heterocycles. The number of aromatic nitrogens is 5. The number of aromatic amines is 1. The quantitative estimate of drug-likeness (QED) is 0.799. The van der Waals surface area contributed by atoms with Gasteiger partial charge in [0.2, 0.25) is 5.88 Å². The van der Waals surface area contributed by atoms with Gasteiger partial charge in [-0.05, 0) is 19.9 Å². The average Bonchev–Trinajstić information content (AvgIpc) is 3.10. The lowest BCUT2D eigenvalue weighted by molar-refractivity contribution is -0.153. The van der Waals surface area contributed by atoms with Crippen LogP contribution in [-0.4, -0.2) is 37.7 Å². The number of nitrogens with zero attached hydrogens (tertiary/aromatic N) is 4. The van der Waals surface area contributed by atoms with E-state index in [2.05, 4.69) is 20.3 Å². The van der Waals surface area contributed by atoms with Crippen LogP contribution in [0, 0.1) is 0 Å². The monoisotopic (exact) mass is 325 g/mol. The normalized spacial score (nSPS) is 12.3. The Morgan fingerprint density at radius 3 is 2.78 bits per heavy atom. The van der Waals surface area contributed by atoms with E-state index in [-0.39, 0.29) is 11.9 Å². The predicted octanol–water partition coefficient (Wildman–Crippen LogP) is 3.34. The molecule has 3 aromatic heterocycles. The van der Waals surface area contributed by atoms with E-state index in [1.165, 1.54) is 6.20 Å². The third-order valence-corrected chi connectivity index (χ3v) is 3.22. The zero-order chi connectivity index (χ0) is 16.6. The van der Waals surface area contributed by atoms with Gasteiger partial charge >= 0.3 is 6.18 Å². The molecule has 3 heterocycles. The van der Waals surface area contributed by atoms with Gasteiger partial charge in [-0.3, -0.25) is 9.78 Å². The van der Waals surface area contributed by atoms with E-state index in [1.807, 2.05) is 13.8 Å². The van der Waals surface area contributed by atoms with Gasteiger partial charge in [0.25, 0.3) is 0 Å². The Labute approximate surface area is 129 Å². The Morgan fingerprint density at radius 1 is 1.35 bits per heavy atom. The number of rotatable bonds is 4. The molecule has 3 rings (SSSR count). The molecule has 122 valence electrons. The third-order valence-electron chi connectivity index (χ3n) is 3.22. The molecule has 1 N–H and O–H groups in total. The first-order valence-electron chi connectivity index (χ1n) is 6.92. The van der Waals surface area contributed by atoms with Crippen molar-refractivity contribution in [2.45, 2.75) is 26.1 Å². The summed E-state index contributed by atoms with van der Waals surface area (Å²) in [4.78, 5) is 3.90. The summed E-state index contributed by atoms with van der Waals surface area (Å²) in [6, 6.07) is 1.78. The van der Waals surface area contributed by atoms with Crippen molar-refractivity contribution in [1.82, 2.24) is 25.0 Å². The summed E-state index contributed by atoms with van der Waals surface area (Å²) < 4.78 is 43.8. The molecule has 6 nitrogen and oxygen atoms in total. The molecule has 0 spiro atoms. The molecule has 0 atom stereocenters. The van der Waals surface area contributed by atoms with E-state index in [1.54, 1.807) is 23.1 Å². The molecular formula is C14H14F3N5O. The van der Waals surface area contributed by atoms with Crippen molar-refractivity contribution in [3.05, 3.63) is 24.7 Å². The minimum Gasteiger partial charge on any atom is -0.467 e. The SMILES string of the molecule is CC(C)n1cc(-c2n[nH]c3ccnc(OCC(F)(F)F)c23)cn1. The average molecular weight is 325 g/mol. The topological polar surface area (TPSA) is 68.6 Å². The fourth-order valence-electron chi connectivity index (χ4n) is 2.15. The van der Waals surface area contributed by atoms with E-state index < -0.39 is 12.8 Å². The Kier molecular flexibility index (Phi) is 3.70. The lowest BCUT2D eigenvalue weighted by Crippen LogP contribution is -2.19. The number of hydrogen-bond acceptors (Lipinski definition) is 4. The van der Waals surface area contributed by atoms with Gasteiger partial charge in [-0.1, -0.05) is 0 Å². The van der Waals surface area contributed by atoms with Crippen molar-refractivity contribution in [2.75, 3.05) is 6.61 Å². The van der Waals surface area contributed by atoms with Crippen LogP contribution in [0.15, 0.2) is 24.7 Å². The summed E-state index contributed by atoms with van der Waals surface area (Å²) in [6.45, 7) is 2.53. The van der Waals surface area contributed by atoms with Crippen molar-refractivity contribution in [1.29, 1.82) is 0 Å². The summed E-state index contributed by atoms with van der Waals surface area (Å²) in [5.41, 5.74) is 1.68. The number of hydrogen-bond donors (Lipinski definition) is 1. The van der Waals surface area contributed by atoms with Crippen molar-refractivity contribution in [2.24, 2.45) is 0 Å². The van der Waals surface area contributed by atoms with Crippen LogP contribution < -0.4 is 4.74 Å². The summed E-state index contributed by atoms with van der Waals surface area (Å²) in [5, 5.41) is 11.6. The van der Waals surface area contributed by atoms with E-state index in [0.29, 0.717) is 22.2 Å². The van der Waals surface area contributed by atoms with Crippen molar-refractivity contribution < 1.29 is 17.9 Å². The second-order valence-corrected chi connectivity index (χ2v) is 5.32. The molecule has 0 amide bonds. The molecule has 0 saturated heterocycles. The summed E-state index contributed by atoms with van der Waals surface area (Å²) >= 11 is 0. The highest BCUT2D eigenvalue weighted by Crippen LogP contribution is 2.32. The van der Waals surface area contributed by atoms with Gasteiger partial charge in [0, 0.05) is 24.0 Å². The highest BCUT2D eigenvalue weighted by Gasteiger charge is 2.29. The van der Waals surface area contributed by atoms with Gasteiger partial charge < -0.3 is 4.74 Å². The van der Waals surface area contributed by atoms with Gasteiger partial charge in [0.05, 0.1) is 17.1 Å². The van der Waals surface area contributed by atoms with Crippen LogP contribution in [0.2, 0.25) is 0 Å². The third kappa shape index (κ3) is 3.13. The van der Waals surface area contributed by atoms with E-state index in [0.717, 1.165) is 0 Å². The maximum Gasteiger partial charge on any atom is 0.422 e. The first-order valence-corrected chi connectivity index (χ1v) is 6.92. The molecule has 0 aliphatic rings. The fourth-order valence-corrected chi connectivity index (χ4v) is 2.15. The van der Waals surface area contributed by atoms with Crippen LogP contribution in [0.1, 0.15) is 19.9 Å². The van der Waals surface area contributed by atoms with Crippen molar-refractivity contribution in [3.8, 4) is 17.1 Å². The molecule has 0 saturated carbocycles. The molecule has 0 bridgehead atoms. The molecule has 0 fully saturated rings. The van der Waals surface area contributed by atoms with Gasteiger partial charge in [-0.25, -0.2) is 4.98 Å². The second kappa shape index (κ2) is 5.56. The first kappa shape index (κ1) is 15.3. The number of halogens is 3. The standard InChI is InChI=1S/C14H14F3N5O/c1-8(2)22-6-9(5-19-22)12-11-10(20-21-12)3-4-18-13(11)23-7-14(15,16)17/h3-6,8H,7H2,1-2H3,(H,20,21). The van der Waals surface area contributed by atoms with Gasteiger partial charge in [-0.2, -0.15) is 23.4 Å². The largest absolute Gasteiger partial charge is 0.467 e. The predicted molar refractivity (Wildman–Crippen MR) is 77.0 cm³/mol. The maximum atomic E-state index is 12.4. The summed E-state index contributed by atoms with van der Waals surface area (Å²) in [7, 11) is 0. The Bertz CT molecular complexity index is 821. The zero-order valence-corrected chi connectivity index (χ0v) is 12.4. The van der Waals surface area contributed by atoms with Crippen LogP contribution in [-0.2, 0) is 0 Å². The highest BCUT2D eigenvalue weighted by molar-refractivity contribution is 5.96. The molecule has 0 radical (unpaired) electrons. The highest BCUT2D eigenvalue weighted by atomic mass is 19.4. The number of alkyl halides is 3. The smallest absolute Gasteiger partial charge is 0.422 e. The second-order valence-electron chi connectivity index (χ2n) is 5.32. The summed E-state index contributed by atoms with van der Waals surface area (Å²) in [5.74, 6) is -0.110. The van der Waals surface area contributed by atoms with Crippen LogP contribution in [0.3, 0.4) is 0 Å². The van der Waals surface area contributed by atoms with Crippen LogP contribution in [0.5, 0.6) is 5.88 Å². The van der Waals surface area contributed by atoms with Crippen molar-refractivity contribution in [3.63, 3.8) is 0 Å². The molecule has 0 aromatic carbocycles.